The Hall–Kier alpha value is -1.71. The van der Waals surface area contributed by atoms with Crippen LogP contribution in [0.25, 0.3) is 0 Å². The van der Waals surface area contributed by atoms with Crippen LogP contribution >= 0.6 is 27.3 Å². The molecule has 0 aromatic carbocycles. The summed E-state index contributed by atoms with van der Waals surface area (Å²) in [6, 6.07) is 4.16. The highest BCUT2D eigenvalue weighted by Crippen LogP contribution is 2.28. The smallest absolute Gasteiger partial charge is 0.328 e. The Labute approximate surface area is 151 Å². The number of halogens is 1. The zero-order valence-corrected chi connectivity index (χ0v) is 15.0. The first-order valence-corrected chi connectivity index (χ1v) is 8.88. The quantitative estimate of drug-likeness (QED) is 0.644. The van der Waals surface area contributed by atoms with Crippen molar-refractivity contribution in [2.45, 2.75) is 12.5 Å². The highest BCUT2D eigenvalue weighted by Gasteiger charge is 2.38. The molecule has 2 aliphatic heterocycles. The van der Waals surface area contributed by atoms with Gasteiger partial charge >= 0.3 is 11.9 Å². The monoisotopic (exact) mass is 416 g/mol. The largest absolute Gasteiger partial charge is 0.478 e. The molecule has 0 aliphatic carbocycles. The van der Waals surface area contributed by atoms with Crippen LogP contribution in [-0.2, 0) is 9.59 Å². The van der Waals surface area contributed by atoms with E-state index in [9.17, 15) is 14.4 Å². The van der Waals surface area contributed by atoms with Gasteiger partial charge in [0, 0.05) is 31.3 Å². The standard InChI is InChI=1S/C11H13BrN2OS.C4H4O4/c12-10-2-1-9(16-10)11(15)13-8-6-14-4-3-7(8)5-14;5-3(6)1-2-4(7)8/h1-2,7-8H,3-6H2,(H,13,15);1-2H,(H,5,6)(H,7,8)/b;2-1+. The van der Waals surface area contributed by atoms with Crippen molar-refractivity contribution in [3.63, 3.8) is 0 Å². The molecule has 2 fully saturated rings. The van der Waals surface area contributed by atoms with E-state index in [-0.39, 0.29) is 5.91 Å². The number of carbonyl (C=O) groups is 3. The average Bonchev–Trinajstić information content (AvgIpc) is 3.22. The second-order valence-corrected chi connectivity index (χ2v) is 7.96. The van der Waals surface area contributed by atoms with Crippen LogP contribution in [0.2, 0.25) is 0 Å². The van der Waals surface area contributed by atoms with E-state index >= 15 is 0 Å². The Kier molecular flexibility index (Phi) is 6.52. The van der Waals surface area contributed by atoms with Gasteiger partial charge < -0.3 is 20.4 Å². The van der Waals surface area contributed by atoms with Crippen LogP contribution in [-0.4, -0.2) is 58.6 Å². The molecule has 3 atom stereocenters. The first-order chi connectivity index (χ1) is 11.3. The Bertz CT molecular complexity index is 644. The van der Waals surface area contributed by atoms with Crippen LogP contribution in [0, 0.1) is 5.92 Å². The lowest BCUT2D eigenvalue weighted by molar-refractivity contribution is -0.134. The fraction of sp³-hybridized carbons (Fsp3) is 0.400. The van der Waals surface area contributed by atoms with Gasteiger partial charge in [-0.2, -0.15) is 0 Å². The number of nitrogens with one attached hydrogen (secondary N) is 1. The number of aliphatic carboxylic acids is 2. The SMILES string of the molecule is O=C(NC1CN2CCC1C2)c1ccc(Br)s1.O=C(O)/C=C/C(=O)O. The number of amides is 1. The van der Waals surface area contributed by atoms with Gasteiger partial charge in [-0.05, 0) is 46.9 Å². The van der Waals surface area contributed by atoms with E-state index in [1.54, 1.807) is 0 Å². The van der Waals surface area contributed by atoms with Crippen molar-refractivity contribution in [3.05, 3.63) is 32.9 Å². The van der Waals surface area contributed by atoms with Gasteiger partial charge in [-0.3, -0.25) is 4.79 Å². The van der Waals surface area contributed by atoms with Crippen LogP contribution in [0.5, 0.6) is 0 Å². The maximum atomic E-state index is 12.0. The lowest BCUT2D eigenvalue weighted by Crippen LogP contribution is -2.42. The van der Waals surface area contributed by atoms with Gasteiger partial charge in [0.2, 0.25) is 0 Å². The highest BCUT2D eigenvalue weighted by molar-refractivity contribution is 9.11. The molecule has 7 nitrogen and oxygen atoms in total. The molecule has 0 spiro atoms. The molecule has 24 heavy (non-hydrogen) atoms. The van der Waals surface area contributed by atoms with Crippen molar-refractivity contribution >= 4 is 45.1 Å². The first-order valence-electron chi connectivity index (χ1n) is 7.27. The molecule has 130 valence electrons. The molecule has 0 radical (unpaired) electrons. The maximum absolute atomic E-state index is 12.0. The molecule has 9 heteroatoms. The third-order valence-electron chi connectivity index (χ3n) is 3.81. The summed E-state index contributed by atoms with van der Waals surface area (Å²) in [5, 5.41) is 18.8. The predicted molar refractivity (Wildman–Crippen MR) is 92.2 cm³/mol. The van der Waals surface area contributed by atoms with Crippen molar-refractivity contribution in [1.29, 1.82) is 0 Å². The molecular weight excluding hydrogens is 400 g/mol. The molecule has 3 rings (SSSR count). The number of carbonyl (C=O) groups excluding carboxylic acids is 1. The number of piperidine rings is 1. The number of carboxylic acid groups (broad SMARTS) is 2. The molecule has 1 aromatic heterocycles. The molecule has 3 heterocycles. The minimum absolute atomic E-state index is 0.0782. The molecule has 3 N–H and O–H groups in total. The van der Waals surface area contributed by atoms with Crippen LogP contribution in [0.15, 0.2) is 28.1 Å². The van der Waals surface area contributed by atoms with Gasteiger partial charge in [-0.1, -0.05) is 0 Å². The van der Waals surface area contributed by atoms with E-state index in [4.69, 9.17) is 10.2 Å². The van der Waals surface area contributed by atoms with E-state index < -0.39 is 11.9 Å². The van der Waals surface area contributed by atoms with Gasteiger partial charge in [0.1, 0.15) is 0 Å². The Morgan fingerprint density at radius 3 is 2.29 bits per heavy atom. The number of carboxylic acids is 2. The minimum atomic E-state index is -1.26. The van der Waals surface area contributed by atoms with Gasteiger partial charge in [0.05, 0.1) is 8.66 Å². The number of rotatable bonds is 4. The molecule has 1 amide bonds. The highest BCUT2D eigenvalue weighted by atomic mass is 79.9. The van der Waals surface area contributed by atoms with Crippen molar-refractivity contribution < 1.29 is 24.6 Å². The Morgan fingerprint density at radius 1 is 1.21 bits per heavy atom. The van der Waals surface area contributed by atoms with Crippen molar-refractivity contribution in [2.75, 3.05) is 19.6 Å². The van der Waals surface area contributed by atoms with Crippen LogP contribution in [0.4, 0.5) is 0 Å². The van der Waals surface area contributed by atoms with Crippen molar-refractivity contribution in [3.8, 4) is 0 Å². The number of fused-ring (bicyclic) bond motifs is 2. The molecule has 2 saturated heterocycles. The van der Waals surface area contributed by atoms with Gasteiger partial charge in [0.25, 0.3) is 5.91 Å². The van der Waals surface area contributed by atoms with Crippen LogP contribution in [0.1, 0.15) is 16.1 Å². The second-order valence-electron chi connectivity index (χ2n) is 5.50. The summed E-state index contributed by atoms with van der Waals surface area (Å²) in [7, 11) is 0. The normalized spacial score (nSPS) is 24.5. The molecule has 3 unspecified atom stereocenters. The topological polar surface area (TPSA) is 107 Å². The van der Waals surface area contributed by atoms with Gasteiger partial charge in [-0.25, -0.2) is 9.59 Å². The summed E-state index contributed by atoms with van der Waals surface area (Å²) in [6.45, 7) is 3.41. The zero-order chi connectivity index (χ0) is 17.7. The lowest BCUT2D eigenvalue weighted by Gasteiger charge is -2.22. The minimum Gasteiger partial charge on any atom is -0.478 e. The van der Waals surface area contributed by atoms with Crippen LogP contribution < -0.4 is 5.32 Å². The zero-order valence-electron chi connectivity index (χ0n) is 12.6. The second kappa shape index (κ2) is 8.41. The molecule has 2 bridgehead atoms. The fourth-order valence-electron chi connectivity index (χ4n) is 2.77. The molecule has 1 aromatic rings. The number of nitrogens with zero attached hydrogens (tertiary/aromatic N) is 1. The average molecular weight is 417 g/mol. The van der Waals surface area contributed by atoms with Crippen LogP contribution in [0.3, 0.4) is 0 Å². The summed E-state index contributed by atoms with van der Waals surface area (Å²) < 4.78 is 1.01. The summed E-state index contributed by atoms with van der Waals surface area (Å²) in [5.41, 5.74) is 0. The number of thiophene rings is 1. The third-order valence-corrected chi connectivity index (χ3v) is 5.44. The van der Waals surface area contributed by atoms with E-state index in [0.717, 1.165) is 15.2 Å². The number of hydrogen-bond donors (Lipinski definition) is 3. The van der Waals surface area contributed by atoms with E-state index in [0.29, 0.717) is 24.1 Å². The van der Waals surface area contributed by atoms with E-state index in [1.165, 1.54) is 30.8 Å². The predicted octanol–water partition coefficient (Wildman–Crippen LogP) is 1.66. The van der Waals surface area contributed by atoms with E-state index in [2.05, 4.69) is 26.1 Å². The first kappa shape index (κ1) is 18.6. The lowest BCUT2D eigenvalue weighted by atomic mass is 10.00. The van der Waals surface area contributed by atoms with Gasteiger partial charge in [0.15, 0.2) is 0 Å². The van der Waals surface area contributed by atoms with Crippen molar-refractivity contribution in [2.24, 2.45) is 5.92 Å². The number of hydrogen-bond acceptors (Lipinski definition) is 5. The van der Waals surface area contributed by atoms with Crippen molar-refractivity contribution in [1.82, 2.24) is 10.2 Å². The maximum Gasteiger partial charge on any atom is 0.328 e. The molecule has 2 aliphatic rings. The summed E-state index contributed by atoms with van der Waals surface area (Å²) in [5.74, 6) is -1.76. The molecule has 0 saturated carbocycles. The summed E-state index contributed by atoms with van der Waals surface area (Å²) >= 11 is 4.87. The third kappa shape index (κ3) is 5.43. The van der Waals surface area contributed by atoms with E-state index in [1.807, 2.05) is 12.1 Å². The van der Waals surface area contributed by atoms with Gasteiger partial charge in [-0.15, -0.1) is 11.3 Å². The summed E-state index contributed by atoms with van der Waals surface area (Å²) in [4.78, 5) is 34.3. The summed E-state index contributed by atoms with van der Waals surface area (Å²) in [6.07, 6.45) is 2.35. The Balaban J connectivity index is 0.000000224. The fourth-order valence-corrected chi connectivity index (χ4v) is 4.06. The Morgan fingerprint density at radius 2 is 1.88 bits per heavy atom. The molecular formula is C15H17BrN2O5S.